The normalized spacial score (nSPS) is 13.5. The van der Waals surface area contributed by atoms with Gasteiger partial charge in [0.25, 0.3) is 5.91 Å². The van der Waals surface area contributed by atoms with Crippen LogP contribution < -0.4 is 9.64 Å². The molecule has 0 N–H and O–H groups in total. The Kier molecular flexibility index (Phi) is 3.89. The molecular formula is C18H14ClN3O3. The van der Waals surface area contributed by atoms with E-state index in [1.807, 2.05) is 37.3 Å². The van der Waals surface area contributed by atoms with Crippen LogP contribution in [0, 0.1) is 6.92 Å². The van der Waals surface area contributed by atoms with Crippen molar-refractivity contribution in [2.24, 2.45) is 0 Å². The summed E-state index contributed by atoms with van der Waals surface area (Å²) >= 11 is 5.99. The third-order valence-electron chi connectivity index (χ3n) is 3.90. The van der Waals surface area contributed by atoms with Crippen molar-refractivity contribution < 1.29 is 14.1 Å². The molecule has 2 heterocycles. The van der Waals surface area contributed by atoms with Crippen molar-refractivity contribution in [3.8, 4) is 17.1 Å². The first-order valence-electron chi connectivity index (χ1n) is 7.72. The number of carbonyl (C=O) groups excluding carboxylic acids is 1. The van der Waals surface area contributed by atoms with Gasteiger partial charge in [-0.1, -0.05) is 35.0 Å². The average Bonchev–Trinajstić information content (AvgIpc) is 3.06. The van der Waals surface area contributed by atoms with Gasteiger partial charge in [0.1, 0.15) is 12.3 Å². The van der Waals surface area contributed by atoms with Crippen molar-refractivity contribution in [2.45, 2.75) is 13.5 Å². The summed E-state index contributed by atoms with van der Waals surface area (Å²) < 4.78 is 10.8. The Morgan fingerprint density at radius 3 is 2.96 bits per heavy atom. The molecule has 25 heavy (non-hydrogen) atoms. The van der Waals surface area contributed by atoms with E-state index < -0.39 is 0 Å². The summed E-state index contributed by atoms with van der Waals surface area (Å²) in [5.41, 5.74) is 2.52. The van der Waals surface area contributed by atoms with Crippen LogP contribution in [0.15, 0.2) is 47.0 Å². The van der Waals surface area contributed by atoms with E-state index in [9.17, 15) is 4.79 Å². The zero-order valence-electron chi connectivity index (χ0n) is 13.4. The molecule has 7 heteroatoms. The van der Waals surface area contributed by atoms with Crippen LogP contribution in [0.1, 0.15) is 11.5 Å². The molecule has 1 amide bonds. The highest BCUT2D eigenvalue weighted by Crippen LogP contribution is 2.33. The molecule has 0 spiro atoms. The number of benzene rings is 2. The number of nitrogens with zero attached hydrogens (tertiary/aromatic N) is 3. The Morgan fingerprint density at radius 1 is 1.24 bits per heavy atom. The Hall–Kier alpha value is -2.86. The largest absolute Gasteiger partial charge is 0.482 e. The van der Waals surface area contributed by atoms with Gasteiger partial charge in [0.15, 0.2) is 6.61 Å². The fraction of sp³-hybridized carbons (Fsp3) is 0.167. The van der Waals surface area contributed by atoms with E-state index in [1.165, 1.54) is 0 Å². The Balaban J connectivity index is 1.62. The van der Waals surface area contributed by atoms with Gasteiger partial charge in [-0.3, -0.25) is 9.69 Å². The van der Waals surface area contributed by atoms with Crippen molar-refractivity contribution in [1.29, 1.82) is 0 Å². The maximum Gasteiger partial charge on any atom is 0.265 e. The first-order chi connectivity index (χ1) is 12.1. The van der Waals surface area contributed by atoms with E-state index in [2.05, 4.69) is 10.1 Å². The number of ether oxygens (including phenoxy) is 1. The first kappa shape index (κ1) is 15.7. The highest BCUT2D eigenvalue weighted by atomic mass is 35.5. The van der Waals surface area contributed by atoms with Gasteiger partial charge in [-0.2, -0.15) is 4.98 Å². The summed E-state index contributed by atoms with van der Waals surface area (Å²) in [4.78, 5) is 18.2. The molecular weight excluding hydrogens is 342 g/mol. The monoisotopic (exact) mass is 355 g/mol. The number of rotatable bonds is 3. The minimum Gasteiger partial charge on any atom is -0.482 e. The van der Waals surface area contributed by atoms with Gasteiger partial charge in [0, 0.05) is 10.6 Å². The molecule has 0 saturated heterocycles. The van der Waals surface area contributed by atoms with E-state index in [4.69, 9.17) is 20.9 Å². The maximum absolute atomic E-state index is 12.3. The lowest BCUT2D eigenvalue weighted by atomic mass is 10.1. The van der Waals surface area contributed by atoms with Crippen molar-refractivity contribution in [1.82, 2.24) is 10.1 Å². The van der Waals surface area contributed by atoms with Gasteiger partial charge in [-0.25, -0.2) is 0 Å². The predicted molar refractivity (Wildman–Crippen MR) is 92.6 cm³/mol. The van der Waals surface area contributed by atoms with Crippen molar-refractivity contribution in [3.05, 3.63) is 58.9 Å². The summed E-state index contributed by atoms with van der Waals surface area (Å²) in [7, 11) is 0. The molecule has 0 fully saturated rings. The minimum atomic E-state index is -0.154. The molecule has 6 nitrogen and oxygen atoms in total. The lowest BCUT2D eigenvalue weighted by Gasteiger charge is -2.28. The highest BCUT2D eigenvalue weighted by Gasteiger charge is 2.27. The molecule has 1 aliphatic rings. The van der Waals surface area contributed by atoms with Crippen molar-refractivity contribution in [2.75, 3.05) is 11.5 Å². The number of anilines is 1. The lowest BCUT2D eigenvalue weighted by molar-refractivity contribution is -0.121. The summed E-state index contributed by atoms with van der Waals surface area (Å²) in [5, 5.41) is 4.57. The molecule has 1 aromatic heterocycles. The number of amides is 1. The van der Waals surface area contributed by atoms with Crippen LogP contribution in [-0.4, -0.2) is 22.7 Å². The van der Waals surface area contributed by atoms with Crippen LogP contribution in [0.2, 0.25) is 5.02 Å². The predicted octanol–water partition coefficient (Wildman–Crippen LogP) is 3.62. The topological polar surface area (TPSA) is 68.5 Å². The van der Waals surface area contributed by atoms with E-state index in [0.717, 1.165) is 11.1 Å². The van der Waals surface area contributed by atoms with Gasteiger partial charge in [0.05, 0.1) is 5.69 Å². The number of aromatic nitrogens is 2. The molecule has 0 unspecified atom stereocenters. The highest BCUT2D eigenvalue weighted by molar-refractivity contribution is 6.30. The number of hydrogen-bond acceptors (Lipinski definition) is 5. The third-order valence-corrected chi connectivity index (χ3v) is 4.14. The van der Waals surface area contributed by atoms with Crippen LogP contribution >= 0.6 is 11.6 Å². The van der Waals surface area contributed by atoms with Gasteiger partial charge < -0.3 is 9.26 Å². The molecule has 2 aromatic carbocycles. The molecule has 0 radical (unpaired) electrons. The van der Waals surface area contributed by atoms with Crippen LogP contribution in [0.3, 0.4) is 0 Å². The Bertz CT molecular complexity index is 954. The molecule has 126 valence electrons. The molecule has 4 rings (SSSR count). The van der Waals surface area contributed by atoms with Gasteiger partial charge in [-0.15, -0.1) is 0 Å². The Labute approximate surface area is 149 Å². The second kappa shape index (κ2) is 6.22. The number of aryl methyl sites for hydroxylation is 1. The molecule has 0 saturated carbocycles. The molecule has 0 aliphatic carbocycles. The second-order valence-corrected chi connectivity index (χ2v) is 6.20. The van der Waals surface area contributed by atoms with Gasteiger partial charge in [0.2, 0.25) is 11.7 Å². The van der Waals surface area contributed by atoms with Crippen LogP contribution in [0.25, 0.3) is 11.4 Å². The zero-order chi connectivity index (χ0) is 17.4. The lowest BCUT2D eigenvalue weighted by Crippen LogP contribution is -2.38. The van der Waals surface area contributed by atoms with Gasteiger partial charge in [-0.05, 0) is 36.8 Å². The average molecular weight is 356 g/mol. The third kappa shape index (κ3) is 3.08. The Morgan fingerprint density at radius 2 is 2.12 bits per heavy atom. The van der Waals surface area contributed by atoms with Crippen LogP contribution in [-0.2, 0) is 11.3 Å². The minimum absolute atomic E-state index is 0.00819. The summed E-state index contributed by atoms with van der Waals surface area (Å²) in [6.07, 6.45) is 0. The quantitative estimate of drug-likeness (QED) is 0.717. The second-order valence-electron chi connectivity index (χ2n) is 5.76. The fourth-order valence-electron chi connectivity index (χ4n) is 2.68. The number of hydrogen-bond donors (Lipinski definition) is 0. The maximum atomic E-state index is 12.3. The van der Waals surface area contributed by atoms with Crippen molar-refractivity contribution >= 4 is 23.2 Å². The fourth-order valence-corrected chi connectivity index (χ4v) is 2.87. The zero-order valence-corrected chi connectivity index (χ0v) is 14.2. The molecule has 0 atom stereocenters. The number of halogens is 1. The molecule has 1 aliphatic heterocycles. The summed E-state index contributed by atoms with van der Waals surface area (Å²) in [5.74, 6) is 1.30. The number of fused-ring (bicyclic) bond motifs is 1. The summed E-state index contributed by atoms with van der Waals surface area (Å²) in [6, 6.07) is 12.9. The van der Waals surface area contributed by atoms with Crippen LogP contribution in [0.5, 0.6) is 5.75 Å². The number of carbonyl (C=O) groups is 1. The van der Waals surface area contributed by atoms with Crippen molar-refractivity contribution in [3.63, 3.8) is 0 Å². The standard InChI is InChI=1S/C18H14ClN3O3/c1-11-5-6-14-15(7-11)24-10-17(23)22(14)9-16-20-18(21-25-16)12-3-2-4-13(19)8-12/h2-8H,9-10H2,1H3. The molecule has 0 bridgehead atoms. The van der Waals surface area contributed by atoms with Crippen LogP contribution in [0.4, 0.5) is 5.69 Å². The summed E-state index contributed by atoms with van der Waals surface area (Å²) in [6.45, 7) is 2.15. The van der Waals surface area contributed by atoms with Gasteiger partial charge >= 0.3 is 0 Å². The smallest absolute Gasteiger partial charge is 0.265 e. The van der Waals surface area contributed by atoms with E-state index in [0.29, 0.717) is 28.2 Å². The van der Waals surface area contributed by atoms with E-state index >= 15 is 0 Å². The molecule has 3 aromatic rings. The SMILES string of the molecule is Cc1ccc2c(c1)OCC(=O)N2Cc1nc(-c2cccc(Cl)c2)no1. The first-order valence-corrected chi connectivity index (χ1v) is 8.10. The van der Waals surface area contributed by atoms with E-state index in [1.54, 1.807) is 17.0 Å². The van der Waals surface area contributed by atoms with E-state index in [-0.39, 0.29) is 19.1 Å².